The van der Waals surface area contributed by atoms with E-state index >= 15 is 0 Å². The molecular formula is C18H20N4O3. The second kappa shape index (κ2) is 6.85. The van der Waals surface area contributed by atoms with Crippen LogP contribution in [0.15, 0.2) is 22.7 Å². The molecule has 1 aliphatic rings. The number of carbonyl (C=O) groups excluding carboxylic acids is 1. The highest BCUT2D eigenvalue weighted by molar-refractivity contribution is 6.00. The zero-order chi connectivity index (χ0) is 18.0. The first kappa shape index (κ1) is 16.8. The molecule has 0 atom stereocenters. The first-order chi connectivity index (χ1) is 12.0. The normalized spacial score (nSPS) is 13.4. The molecule has 3 rings (SSSR count). The van der Waals surface area contributed by atoms with Crippen LogP contribution >= 0.6 is 0 Å². The van der Waals surface area contributed by atoms with Crippen molar-refractivity contribution in [2.45, 2.75) is 45.6 Å². The Morgan fingerprint density at radius 1 is 1.40 bits per heavy atom. The number of amides is 2. The number of nitrogens with zero attached hydrogens (tertiary/aromatic N) is 2. The Bertz CT molecular complexity index is 831. The molecule has 2 aromatic rings. The summed E-state index contributed by atoms with van der Waals surface area (Å²) in [6.45, 7) is 5.57. The lowest BCUT2D eigenvalue weighted by Crippen LogP contribution is -2.20. The summed E-state index contributed by atoms with van der Waals surface area (Å²) in [5.74, 6) is 1.56. The number of aryl methyl sites for hydroxylation is 1. The van der Waals surface area contributed by atoms with E-state index in [4.69, 9.17) is 9.26 Å². The van der Waals surface area contributed by atoms with E-state index in [1.807, 2.05) is 13.8 Å². The number of anilines is 2. The summed E-state index contributed by atoms with van der Waals surface area (Å²) in [5.41, 5.74) is 2.15. The summed E-state index contributed by atoms with van der Waals surface area (Å²) in [5, 5.41) is 18.7. The van der Waals surface area contributed by atoms with Crippen molar-refractivity contribution in [3.05, 3.63) is 35.2 Å². The van der Waals surface area contributed by atoms with Crippen molar-refractivity contribution in [2.24, 2.45) is 0 Å². The van der Waals surface area contributed by atoms with Gasteiger partial charge in [-0.3, -0.25) is 0 Å². The molecule has 1 aromatic heterocycles. The van der Waals surface area contributed by atoms with Crippen LogP contribution in [0.25, 0.3) is 0 Å². The van der Waals surface area contributed by atoms with Crippen LogP contribution in [-0.2, 0) is 0 Å². The monoisotopic (exact) mass is 340 g/mol. The van der Waals surface area contributed by atoms with Gasteiger partial charge in [0.15, 0.2) is 5.76 Å². The standard InChI is InChI=1S/C18H20N4O3/c1-10(2)24-15-7-6-14(8-13(15)9-19)20-18(23)21-16-11(3)22-25-17(16)12-4-5-12/h6-8,10,12H,4-5H2,1-3H3,(H2,20,21,23). The number of nitrogens with one attached hydrogen (secondary N) is 2. The van der Waals surface area contributed by atoms with E-state index < -0.39 is 6.03 Å². The van der Waals surface area contributed by atoms with Gasteiger partial charge in [-0.25, -0.2) is 4.79 Å². The molecule has 7 heteroatoms. The van der Waals surface area contributed by atoms with Crippen LogP contribution in [0, 0.1) is 18.3 Å². The average Bonchev–Trinajstić information content (AvgIpc) is 3.34. The molecule has 1 saturated carbocycles. The molecule has 1 aromatic carbocycles. The number of rotatable bonds is 5. The van der Waals surface area contributed by atoms with Crippen LogP contribution in [0.1, 0.15) is 49.6 Å². The number of nitriles is 1. The second-order valence-electron chi connectivity index (χ2n) is 6.35. The number of hydrogen-bond acceptors (Lipinski definition) is 5. The number of hydrogen-bond donors (Lipinski definition) is 2. The maximum atomic E-state index is 12.3. The first-order valence-electron chi connectivity index (χ1n) is 8.23. The lowest BCUT2D eigenvalue weighted by atomic mass is 10.2. The van der Waals surface area contributed by atoms with Crippen molar-refractivity contribution >= 4 is 17.4 Å². The molecular weight excluding hydrogens is 320 g/mol. The molecule has 0 spiro atoms. The fourth-order valence-electron chi connectivity index (χ4n) is 2.49. The molecule has 0 unspecified atom stereocenters. The van der Waals surface area contributed by atoms with Crippen molar-refractivity contribution < 1.29 is 14.1 Å². The number of benzene rings is 1. The fourth-order valence-corrected chi connectivity index (χ4v) is 2.49. The van der Waals surface area contributed by atoms with Crippen molar-refractivity contribution in [2.75, 3.05) is 10.6 Å². The Hall–Kier alpha value is -3.01. The van der Waals surface area contributed by atoms with Crippen LogP contribution in [0.4, 0.5) is 16.2 Å². The molecule has 7 nitrogen and oxygen atoms in total. The van der Waals surface area contributed by atoms with Gasteiger partial charge in [0.05, 0.1) is 11.7 Å². The minimum atomic E-state index is -0.408. The Kier molecular flexibility index (Phi) is 4.61. The highest BCUT2D eigenvalue weighted by atomic mass is 16.5. The Morgan fingerprint density at radius 3 is 2.80 bits per heavy atom. The van der Waals surface area contributed by atoms with Crippen molar-refractivity contribution in [1.29, 1.82) is 5.26 Å². The van der Waals surface area contributed by atoms with Gasteiger partial charge in [-0.05, 0) is 51.8 Å². The van der Waals surface area contributed by atoms with Gasteiger partial charge >= 0.3 is 6.03 Å². The Morgan fingerprint density at radius 2 is 2.16 bits per heavy atom. The number of ether oxygens (including phenoxy) is 1. The van der Waals surface area contributed by atoms with Gasteiger partial charge in [-0.15, -0.1) is 0 Å². The van der Waals surface area contributed by atoms with E-state index in [1.165, 1.54) is 0 Å². The van der Waals surface area contributed by atoms with Gasteiger partial charge in [-0.1, -0.05) is 5.16 Å². The lowest BCUT2D eigenvalue weighted by molar-refractivity contribution is 0.241. The summed E-state index contributed by atoms with van der Waals surface area (Å²) in [6, 6.07) is 6.62. The molecule has 1 fully saturated rings. The van der Waals surface area contributed by atoms with E-state index in [9.17, 15) is 10.1 Å². The summed E-state index contributed by atoms with van der Waals surface area (Å²) in [7, 11) is 0. The second-order valence-corrected chi connectivity index (χ2v) is 6.35. The maximum absolute atomic E-state index is 12.3. The predicted octanol–water partition coefficient (Wildman–Crippen LogP) is 4.16. The smallest absolute Gasteiger partial charge is 0.323 e. The van der Waals surface area contributed by atoms with Gasteiger partial charge in [0.25, 0.3) is 0 Å². The Balaban J connectivity index is 1.71. The highest BCUT2D eigenvalue weighted by Crippen LogP contribution is 2.44. The maximum Gasteiger partial charge on any atom is 0.323 e. The third-order valence-electron chi connectivity index (χ3n) is 3.80. The molecule has 2 N–H and O–H groups in total. The van der Waals surface area contributed by atoms with Crippen LogP contribution in [0.3, 0.4) is 0 Å². The molecule has 1 aliphatic carbocycles. The molecule has 0 aliphatic heterocycles. The first-order valence-corrected chi connectivity index (χ1v) is 8.23. The number of urea groups is 1. The minimum absolute atomic E-state index is 0.0355. The van der Waals surface area contributed by atoms with Crippen molar-refractivity contribution in [1.82, 2.24) is 5.16 Å². The van der Waals surface area contributed by atoms with Crippen LogP contribution in [-0.4, -0.2) is 17.3 Å². The Labute approximate surface area is 145 Å². The van der Waals surface area contributed by atoms with Gasteiger partial charge in [0, 0.05) is 11.6 Å². The average molecular weight is 340 g/mol. The van der Waals surface area contributed by atoms with E-state index in [-0.39, 0.29) is 6.10 Å². The van der Waals surface area contributed by atoms with E-state index in [0.29, 0.717) is 34.3 Å². The third-order valence-corrected chi connectivity index (χ3v) is 3.80. The molecule has 2 amide bonds. The van der Waals surface area contributed by atoms with Crippen molar-refractivity contribution in [3.8, 4) is 11.8 Å². The van der Waals surface area contributed by atoms with Crippen LogP contribution in [0.2, 0.25) is 0 Å². The minimum Gasteiger partial charge on any atom is -0.490 e. The van der Waals surface area contributed by atoms with Crippen LogP contribution in [0.5, 0.6) is 5.75 Å². The summed E-state index contributed by atoms with van der Waals surface area (Å²) in [4.78, 5) is 12.3. The zero-order valence-electron chi connectivity index (χ0n) is 14.4. The van der Waals surface area contributed by atoms with Gasteiger partial charge in [-0.2, -0.15) is 5.26 Å². The molecule has 0 bridgehead atoms. The van der Waals surface area contributed by atoms with E-state index in [1.54, 1.807) is 25.1 Å². The van der Waals surface area contributed by atoms with Gasteiger partial charge in [0.2, 0.25) is 0 Å². The van der Waals surface area contributed by atoms with E-state index in [2.05, 4.69) is 21.9 Å². The largest absolute Gasteiger partial charge is 0.490 e. The zero-order valence-corrected chi connectivity index (χ0v) is 14.4. The van der Waals surface area contributed by atoms with Crippen LogP contribution < -0.4 is 15.4 Å². The molecule has 130 valence electrons. The topological polar surface area (TPSA) is 100 Å². The summed E-state index contributed by atoms with van der Waals surface area (Å²) < 4.78 is 10.9. The lowest BCUT2D eigenvalue weighted by Gasteiger charge is -2.13. The quantitative estimate of drug-likeness (QED) is 0.851. The van der Waals surface area contributed by atoms with E-state index in [0.717, 1.165) is 18.6 Å². The number of carbonyl (C=O) groups is 1. The molecule has 0 radical (unpaired) electrons. The third kappa shape index (κ3) is 3.91. The molecule has 25 heavy (non-hydrogen) atoms. The van der Waals surface area contributed by atoms with Gasteiger partial charge < -0.3 is 19.9 Å². The summed E-state index contributed by atoms with van der Waals surface area (Å²) in [6.07, 6.45) is 2.06. The SMILES string of the molecule is Cc1noc(C2CC2)c1NC(=O)Nc1ccc(OC(C)C)c(C#N)c1. The fraction of sp³-hybridized carbons (Fsp3) is 0.389. The van der Waals surface area contributed by atoms with Crippen molar-refractivity contribution in [3.63, 3.8) is 0 Å². The summed E-state index contributed by atoms with van der Waals surface area (Å²) >= 11 is 0. The predicted molar refractivity (Wildman–Crippen MR) is 92.8 cm³/mol. The molecule has 0 saturated heterocycles. The molecule has 1 heterocycles. The highest BCUT2D eigenvalue weighted by Gasteiger charge is 2.32. The van der Waals surface area contributed by atoms with Gasteiger partial charge in [0.1, 0.15) is 23.2 Å². The number of aromatic nitrogens is 1.